The van der Waals surface area contributed by atoms with Crippen LogP contribution in [0.25, 0.3) is 0 Å². The summed E-state index contributed by atoms with van der Waals surface area (Å²) >= 11 is 6.11. The molecule has 1 unspecified atom stereocenters. The predicted octanol–water partition coefficient (Wildman–Crippen LogP) is 1.54. The van der Waals surface area contributed by atoms with Gasteiger partial charge in [-0.15, -0.1) is 0 Å². The first-order chi connectivity index (χ1) is 9.11. The van der Waals surface area contributed by atoms with E-state index in [1.54, 1.807) is 19.1 Å². The fourth-order valence-electron chi connectivity index (χ4n) is 1.87. The second-order valence-corrected chi connectivity index (χ2v) is 4.57. The number of hydrogen-bond donors (Lipinski definition) is 1. The van der Waals surface area contributed by atoms with Crippen molar-refractivity contribution in [1.29, 1.82) is 0 Å². The van der Waals surface area contributed by atoms with E-state index in [1.165, 1.54) is 0 Å². The van der Waals surface area contributed by atoms with E-state index >= 15 is 0 Å². The monoisotopic (exact) mass is 285 g/mol. The molecule has 0 spiro atoms. The van der Waals surface area contributed by atoms with Gasteiger partial charge in [-0.3, -0.25) is 4.79 Å². The Morgan fingerprint density at radius 2 is 2.21 bits per heavy atom. The van der Waals surface area contributed by atoms with Crippen LogP contribution >= 0.6 is 11.6 Å². The van der Waals surface area contributed by atoms with Crippen molar-refractivity contribution in [3.8, 4) is 11.5 Å². The molecule has 0 saturated carbocycles. The van der Waals surface area contributed by atoms with Crippen LogP contribution in [0, 0.1) is 0 Å². The first-order valence-electron chi connectivity index (χ1n) is 6.12. The number of esters is 1. The second-order valence-electron chi connectivity index (χ2n) is 4.16. The van der Waals surface area contributed by atoms with Crippen LogP contribution in [0.5, 0.6) is 11.5 Å². The van der Waals surface area contributed by atoms with E-state index < -0.39 is 12.0 Å². The van der Waals surface area contributed by atoms with Gasteiger partial charge in [0.25, 0.3) is 0 Å². The summed E-state index contributed by atoms with van der Waals surface area (Å²) in [5.41, 5.74) is 6.59. The molecule has 1 aliphatic rings. The number of carbonyl (C=O) groups is 1. The molecule has 1 aromatic rings. The lowest BCUT2D eigenvalue weighted by atomic mass is 10.1. The third-order valence-electron chi connectivity index (χ3n) is 2.70. The third kappa shape index (κ3) is 3.30. The number of fused-ring (bicyclic) bond motifs is 1. The molecule has 1 aliphatic heterocycles. The Kier molecular flexibility index (Phi) is 4.50. The van der Waals surface area contributed by atoms with Crippen molar-refractivity contribution in [3.63, 3.8) is 0 Å². The van der Waals surface area contributed by atoms with Crippen LogP contribution < -0.4 is 15.2 Å². The van der Waals surface area contributed by atoms with E-state index in [0.717, 1.165) is 5.56 Å². The van der Waals surface area contributed by atoms with Crippen LogP contribution in [-0.2, 0) is 16.0 Å². The zero-order chi connectivity index (χ0) is 13.8. The van der Waals surface area contributed by atoms with Gasteiger partial charge in [-0.05, 0) is 31.0 Å². The van der Waals surface area contributed by atoms with Crippen molar-refractivity contribution < 1.29 is 19.0 Å². The highest BCUT2D eigenvalue weighted by molar-refractivity contribution is 6.32. The van der Waals surface area contributed by atoms with Crippen LogP contribution in [0.15, 0.2) is 12.1 Å². The fraction of sp³-hybridized carbons (Fsp3) is 0.462. The Morgan fingerprint density at radius 3 is 2.95 bits per heavy atom. The third-order valence-corrected chi connectivity index (χ3v) is 2.98. The van der Waals surface area contributed by atoms with E-state index in [4.69, 9.17) is 31.5 Å². The smallest absolute Gasteiger partial charge is 0.323 e. The molecule has 0 saturated heterocycles. The number of hydrogen-bond acceptors (Lipinski definition) is 5. The first-order valence-corrected chi connectivity index (χ1v) is 6.50. The van der Waals surface area contributed by atoms with Gasteiger partial charge in [0.1, 0.15) is 19.3 Å². The number of carbonyl (C=O) groups excluding carboxylic acids is 1. The summed E-state index contributed by atoms with van der Waals surface area (Å²) in [6, 6.07) is 2.81. The molecule has 2 N–H and O–H groups in total. The molecule has 0 amide bonds. The lowest BCUT2D eigenvalue weighted by Crippen LogP contribution is -2.34. The molecular weight excluding hydrogens is 270 g/mol. The predicted molar refractivity (Wildman–Crippen MR) is 70.8 cm³/mol. The van der Waals surface area contributed by atoms with Crippen molar-refractivity contribution in [3.05, 3.63) is 22.7 Å². The minimum atomic E-state index is -0.710. The SMILES string of the molecule is CCOC(=O)C(N)Cc1cc(Cl)c2c(c1)OCCO2. The van der Waals surface area contributed by atoms with Crippen molar-refractivity contribution in [2.24, 2.45) is 5.73 Å². The molecule has 19 heavy (non-hydrogen) atoms. The number of halogens is 1. The van der Waals surface area contributed by atoms with Gasteiger partial charge >= 0.3 is 5.97 Å². The standard InChI is InChI=1S/C13H16ClNO4/c1-2-17-13(16)10(15)6-8-5-9(14)12-11(7-8)18-3-4-19-12/h5,7,10H,2-4,6,15H2,1H3. The summed E-state index contributed by atoms with van der Waals surface area (Å²) in [5, 5.41) is 0.461. The molecule has 2 rings (SSSR count). The molecule has 104 valence electrons. The maximum Gasteiger partial charge on any atom is 0.323 e. The summed E-state index contributed by atoms with van der Waals surface area (Å²) in [5.74, 6) is 0.708. The van der Waals surface area contributed by atoms with Gasteiger partial charge in [0.05, 0.1) is 11.6 Å². The molecule has 1 heterocycles. The molecule has 0 radical (unpaired) electrons. The Labute approximate surface area is 116 Å². The van der Waals surface area contributed by atoms with Crippen molar-refractivity contribution in [2.75, 3.05) is 19.8 Å². The molecule has 6 heteroatoms. The highest BCUT2D eigenvalue weighted by Crippen LogP contribution is 2.38. The second kappa shape index (κ2) is 6.12. The lowest BCUT2D eigenvalue weighted by molar-refractivity contribution is -0.144. The van der Waals surface area contributed by atoms with Crippen LogP contribution in [0.1, 0.15) is 12.5 Å². The topological polar surface area (TPSA) is 70.8 Å². The van der Waals surface area contributed by atoms with Gasteiger partial charge in [0, 0.05) is 0 Å². The van der Waals surface area contributed by atoms with E-state index in [9.17, 15) is 4.79 Å². The van der Waals surface area contributed by atoms with Gasteiger partial charge < -0.3 is 19.9 Å². The van der Waals surface area contributed by atoms with E-state index in [1.807, 2.05) is 0 Å². The Balaban J connectivity index is 2.13. The quantitative estimate of drug-likeness (QED) is 0.850. The largest absolute Gasteiger partial charge is 0.486 e. The molecule has 1 aromatic carbocycles. The van der Waals surface area contributed by atoms with E-state index in [0.29, 0.717) is 42.8 Å². The molecule has 0 aromatic heterocycles. The van der Waals surface area contributed by atoms with Crippen LogP contribution in [0.4, 0.5) is 0 Å². The summed E-state index contributed by atoms with van der Waals surface area (Å²) in [4.78, 5) is 11.5. The van der Waals surface area contributed by atoms with Gasteiger partial charge in [0.2, 0.25) is 0 Å². The highest BCUT2D eigenvalue weighted by atomic mass is 35.5. The number of nitrogens with two attached hydrogens (primary N) is 1. The average molecular weight is 286 g/mol. The van der Waals surface area contributed by atoms with Gasteiger partial charge in [-0.25, -0.2) is 0 Å². The van der Waals surface area contributed by atoms with Gasteiger partial charge in [-0.2, -0.15) is 0 Å². The minimum Gasteiger partial charge on any atom is -0.486 e. The number of benzene rings is 1. The normalized spacial score (nSPS) is 14.9. The molecule has 0 bridgehead atoms. The van der Waals surface area contributed by atoms with Gasteiger partial charge in [-0.1, -0.05) is 11.6 Å². The Hall–Kier alpha value is -1.46. The molecular formula is C13H16ClNO4. The number of rotatable bonds is 4. The highest BCUT2D eigenvalue weighted by Gasteiger charge is 2.20. The molecule has 5 nitrogen and oxygen atoms in total. The van der Waals surface area contributed by atoms with Crippen molar-refractivity contribution in [2.45, 2.75) is 19.4 Å². The van der Waals surface area contributed by atoms with Crippen molar-refractivity contribution >= 4 is 17.6 Å². The molecule has 0 aliphatic carbocycles. The maximum absolute atomic E-state index is 11.5. The number of ether oxygens (including phenoxy) is 3. The van der Waals surface area contributed by atoms with Crippen LogP contribution in [0.3, 0.4) is 0 Å². The summed E-state index contributed by atoms with van der Waals surface area (Å²) in [7, 11) is 0. The minimum absolute atomic E-state index is 0.314. The Morgan fingerprint density at radius 1 is 1.47 bits per heavy atom. The maximum atomic E-state index is 11.5. The van der Waals surface area contributed by atoms with E-state index in [2.05, 4.69) is 0 Å². The average Bonchev–Trinajstić information content (AvgIpc) is 2.39. The lowest BCUT2D eigenvalue weighted by Gasteiger charge is -2.20. The zero-order valence-corrected chi connectivity index (χ0v) is 11.4. The summed E-state index contributed by atoms with van der Waals surface area (Å²) < 4.78 is 15.8. The van der Waals surface area contributed by atoms with E-state index in [-0.39, 0.29) is 0 Å². The van der Waals surface area contributed by atoms with Crippen molar-refractivity contribution in [1.82, 2.24) is 0 Å². The summed E-state index contributed by atoms with van der Waals surface area (Å²) in [6.07, 6.45) is 0.342. The molecule has 0 fully saturated rings. The van der Waals surface area contributed by atoms with Crippen LogP contribution in [0.2, 0.25) is 5.02 Å². The van der Waals surface area contributed by atoms with Crippen LogP contribution in [-0.4, -0.2) is 31.8 Å². The van der Waals surface area contributed by atoms with Gasteiger partial charge in [0.15, 0.2) is 11.5 Å². The zero-order valence-electron chi connectivity index (χ0n) is 10.6. The summed E-state index contributed by atoms with van der Waals surface area (Å²) in [6.45, 7) is 3.02. The Bertz CT molecular complexity index is 478. The molecule has 1 atom stereocenters. The fourth-order valence-corrected chi connectivity index (χ4v) is 2.16. The first kappa shape index (κ1) is 14.0.